The van der Waals surface area contributed by atoms with E-state index in [1.54, 1.807) is 0 Å². The van der Waals surface area contributed by atoms with E-state index >= 15 is 0 Å². The fourth-order valence-electron chi connectivity index (χ4n) is 0. The third-order valence-corrected chi connectivity index (χ3v) is 1.01. The van der Waals surface area contributed by atoms with E-state index in [1.807, 2.05) is 19.6 Å². The van der Waals surface area contributed by atoms with Crippen LogP contribution in [0.15, 0.2) is 0 Å². The molecule has 0 saturated heterocycles. The second kappa shape index (κ2) is 4.97. The van der Waals surface area contributed by atoms with E-state index in [9.17, 15) is 0 Å². The summed E-state index contributed by atoms with van der Waals surface area (Å²) in [6.07, 6.45) is 0. The minimum Gasteiger partial charge on any atom is -0.207 e. The molecule has 0 aromatic heterocycles. The number of hydrogen-bond donors (Lipinski definition) is 0. The predicted molar refractivity (Wildman–Crippen MR) is 58.2 cm³/mol. The molecule has 11 heavy (non-hydrogen) atoms. The van der Waals surface area contributed by atoms with Crippen molar-refractivity contribution in [2.24, 2.45) is 0 Å². The summed E-state index contributed by atoms with van der Waals surface area (Å²) in [6.45, 7) is 12.3. The molecule has 0 spiro atoms. The van der Waals surface area contributed by atoms with E-state index in [2.05, 4.69) is 25.3 Å². The summed E-state index contributed by atoms with van der Waals surface area (Å²) in [5.74, 6) is 0. The summed E-state index contributed by atoms with van der Waals surface area (Å²) in [5.41, 5.74) is 2.24. The monoisotopic (exact) mass is 207 g/mol. The van der Waals surface area contributed by atoms with Crippen LogP contribution in [0.2, 0.25) is 39.3 Å². The normalized spacial score (nSPS) is 11.1. The molecule has 0 aliphatic heterocycles. The van der Waals surface area contributed by atoms with Crippen LogP contribution in [-0.4, -0.2) is 15.5 Å². The fraction of sp³-hybridized carbons (Fsp3) is 0.857. The summed E-state index contributed by atoms with van der Waals surface area (Å²) in [6, 6.07) is 0. The first-order valence-electron chi connectivity index (χ1n) is 3.66. The van der Waals surface area contributed by atoms with Crippen molar-refractivity contribution in [1.29, 1.82) is 5.26 Å². The molecular weight excluding hydrogens is 190 g/mol. The maximum absolute atomic E-state index is 8.21. The largest absolute Gasteiger partial charge is 0.207 e. The molecule has 0 aromatic carbocycles. The van der Waals surface area contributed by atoms with Crippen molar-refractivity contribution in [2.45, 2.75) is 39.3 Å². The maximum atomic E-state index is 8.21. The highest BCUT2D eigenvalue weighted by Crippen LogP contribution is 2.03. The van der Waals surface area contributed by atoms with Gasteiger partial charge in [-0.25, -0.2) is 5.26 Å². The minimum absolute atomic E-state index is 1.14. The second-order valence-corrected chi connectivity index (χ2v) is 16.7. The van der Waals surface area contributed by atoms with E-state index in [0.29, 0.717) is 0 Å². The third kappa shape index (κ3) is 66.7. The standard InChI is InChI=1S/C4H9NSi.C3H9ClSi/c1-6(2,3)4-5;1-5(2,3)4/h1-3H3;1-3H3. The first kappa shape index (κ1) is 13.8. The van der Waals surface area contributed by atoms with Crippen LogP contribution < -0.4 is 0 Å². The molecule has 0 saturated carbocycles. The zero-order valence-corrected chi connectivity index (χ0v) is 11.1. The molecule has 0 aromatic rings. The number of halogens is 1. The smallest absolute Gasteiger partial charge is 0.164 e. The first-order valence-corrected chi connectivity index (χ1v) is 11.7. The Kier molecular flexibility index (Phi) is 6.22. The van der Waals surface area contributed by atoms with Gasteiger partial charge in [-0.3, -0.25) is 0 Å². The van der Waals surface area contributed by atoms with Gasteiger partial charge < -0.3 is 0 Å². The Labute approximate surface area is 77.1 Å². The highest BCUT2D eigenvalue weighted by atomic mass is 35.6. The van der Waals surface area contributed by atoms with Gasteiger partial charge in [-0.15, -0.1) is 0 Å². The fourth-order valence-corrected chi connectivity index (χ4v) is 0. The summed E-state index contributed by atoms with van der Waals surface area (Å²) in [4.78, 5) is 0. The van der Waals surface area contributed by atoms with Crippen molar-refractivity contribution in [3.8, 4) is 5.69 Å². The number of nitrogens with zero attached hydrogens (tertiary/aromatic N) is 1. The molecule has 0 radical (unpaired) electrons. The average molecular weight is 208 g/mol. The van der Waals surface area contributed by atoms with Gasteiger partial charge in [0.25, 0.3) is 0 Å². The molecule has 0 amide bonds. The van der Waals surface area contributed by atoms with Gasteiger partial charge in [-0.2, -0.15) is 11.1 Å². The van der Waals surface area contributed by atoms with E-state index in [1.165, 1.54) is 0 Å². The van der Waals surface area contributed by atoms with Crippen molar-refractivity contribution in [3.05, 3.63) is 0 Å². The number of rotatable bonds is 0. The van der Waals surface area contributed by atoms with Crippen molar-refractivity contribution in [2.75, 3.05) is 0 Å². The molecular formula is C7H18ClNSi2. The van der Waals surface area contributed by atoms with E-state index in [4.69, 9.17) is 16.3 Å². The van der Waals surface area contributed by atoms with Crippen LogP contribution in [0.5, 0.6) is 0 Å². The molecule has 4 heteroatoms. The van der Waals surface area contributed by atoms with Crippen LogP contribution in [0.4, 0.5) is 0 Å². The molecule has 0 fully saturated rings. The highest BCUT2D eigenvalue weighted by molar-refractivity contribution is 7.18. The molecule has 0 unspecified atom stereocenters. The molecule has 0 atom stereocenters. The Morgan fingerprint density at radius 2 is 1.09 bits per heavy atom. The SMILES string of the molecule is C[Si](C)(C)C#N.C[Si](C)(C)Cl. The van der Waals surface area contributed by atoms with Crippen LogP contribution in [0, 0.1) is 11.0 Å². The Morgan fingerprint density at radius 3 is 1.09 bits per heavy atom. The quantitative estimate of drug-likeness (QED) is 0.441. The van der Waals surface area contributed by atoms with Gasteiger partial charge in [0.05, 0.1) is 0 Å². The van der Waals surface area contributed by atoms with Crippen LogP contribution in [-0.2, 0) is 0 Å². The molecule has 0 N–H and O–H groups in total. The van der Waals surface area contributed by atoms with Gasteiger partial charge >= 0.3 is 0 Å². The van der Waals surface area contributed by atoms with Crippen molar-refractivity contribution in [1.82, 2.24) is 0 Å². The zero-order chi connectivity index (χ0) is 9.71. The summed E-state index contributed by atoms with van der Waals surface area (Å²) >= 11 is 5.67. The van der Waals surface area contributed by atoms with Crippen LogP contribution >= 0.6 is 11.1 Å². The van der Waals surface area contributed by atoms with E-state index in [0.717, 1.165) is 0 Å². The Hall–Kier alpha value is 0.214. The molecule has 0 aliphatic carbocycles. The van der Waals surface area contributed by atoms with E-state index < -0.39 is 15.5 Å². The lowest BCUT2D eigenvalue weighted by Crippen LogP contribution is -2.15. The first-order chi connectivity index (χ1) is 4.56. The maximum Gasteiger partial charge on any atom is 0.164 e. The van der Waals surface area contributed by atoms with Crippen molar-refractivity contribution in [3.63, 3.8) is 0 Å². The minimum atomic E-state index is -1.33. The zero-order valence-electron chi connectivity index (χ0n) is 8.33. The molecule has 0 heterocycles. The lowest BCUT2D eigenvalue weighted by Gasteiger charge is -1.97. The number of nitriles is 1. The van der Waals surface area contributed by atoms with Gasteiger partial charge in [0.2, 0.25) is 0 Å². The van der Waals surface area contributed by atoms with Gasteiger partial charge in [0, 0.05) is 5.69 Å². The van der Waals surface area contributed by atoms with Gasteiger partial charge in [-0.05, 0) is 0 Å². The van der Waals surface area contributed by atoms with E-state index in [-0.39, 0.29) is 0 Å². The Bertz CT molecular complexity index is 132. The second-order valence-electron chi connectivity index (χ2n) is 4.43. The summed E-state index contributed by atoms with van der Waals surface area (Å²) < 4.78 is 0. The molecule has 0 rings (SSSR count). The van der Waals surface area contributed by atoms with Gasteiger partial charge in [0.1, 0.15) is 7.38 Å². The molecule has 0 aliphatic rings. The topological polar surface area (TPSA) is 23.8 Å². The summed E-state index contributed by atoms with van der Waals surface area (Å²) in [5, 5.41) is 8.21. The van der Waals surface area contributed by atoms with Crippen LogP contribution in [0.1, 0.15) is 0 Å². The lowest BCUT2D eigenvalue weighted by molar-refractivity contribution is 1.53. The van der Waals surface area contributed by atoms with Crippen molar-refractivity contribution < 1.29 is 0 Å². The third-order valence-electron chi connectivity index (χ3n) is 0.335. The lowest BCUT2D eigenvalue weighted by atomic mass is 11.7. The Morgan fingerprint density at radius 1 is 1.00 bits per heavy atom. The van der Waals surface area contributed by atoms with Gasteiger partial charge in [0.15, 0.2) is 8.07 Å². The van der Waals surface area contributed by atoms with Gasteiger partial charge in [-0.1, -0.05) is 39.3 Å². The highest BCUT2D eigenvalue weighted by Gasteiger charge is 2.09. The van der Waals surface area contributed by atoms with Crippen LogP contribution in [0.3, 0.4) is 0 Å². The Balaban J connectivity index is 0. The molecule has 0 bridgehead atoms. The molecule has 66 valence electrons. The predicted octanol–water partition coefficient (Wildman–Crippen LogP) is 3.45. The average Bonchev–Trinajstić information content (AvgIpc) is 1.59. The molecule has 1 nitrogen and oxygen atoms in total. The number of hydrogen-bond acceptors (Lipinski definition) is 1. The summed E-state index contributed by atoms with van der Waals surface area (Å²) in [7, 11) is -2.46. The van der Waals surface area contributed by atoms with Crippen molar-refractivity contribution >= 4 is 26.5 Å². The van der Waals surface area contributed by atoms with Crippen LogP contribution in [0.25, 0.3) is 0 Å².